The van der Waals surface area contributed by atoms with Crippen molar-refractivity contribution >= 4 is 29.1 Å². The van der Waals surface area contributed by atoms with E-state index in [4.69, 9.17) is 27.9 Å². The number of amides is 1. The summed E-state index contributed by atoms with van der Waals surface area (Å²) < 4.78 is 5.67. The van der Waals surface area contributed by atoms with Crippen LogP contribution in [0, 0.1) is 0 Å². The van der Waals surface area contributed by atoms with Gasteiger partial charge in [-0.15, -0.1) is 0 Å². The van der Waals surface area contributed by atoms with Crippen LogP contribution < -0.4 is 4.74 Å². The molecule has 1 aromatic heterocycles. The van der Waals surface area contributed by atoms with E-state index < -0.39 is 0 Å². The van der Waals surface area contributed by atoms with Gasteiger partial charge in [-0.3, -0.25) is 4.79 Å². The molecule has 0 unspecified atom stereocenters. The van der Waals surface area contributed by atoms with Gasteiger partial charge in [-0.05, 0) is 23.8 Å². The molecule has 22 heavy (non-hydrogen) atoms. The average molecular weight is 337 g/mol. The summed E-state index contributed by atoms with van der Waals surface area (Å²) in [7, 11) is 0. The molecule has 0 bridgehead atoms. The highest BCUT2D eigenvalue weighted by Crippen LogP contribution is 2.24. The third-order valence-corrected chi connectivity index (χ3v) is 4.16. The van der Waals surface area contributed by atoms with Crippen molar-refractivity contribution in [3.05, 3.63) is 58.2 Å². The summed E-state index contributed by atoms with van der Waals surface area (Å²) in [5.74, 6) is 0.451. The maximum Gasteiger partial charge on any atom is 0.232 e. The van der Waals surface area contributed by atoms with Crippen molar-refractivity contribution < 1.29 is 9.53 Å². The molecule has 1 amide bonds. The van der Waals surface area contributed by atoms with Gasteiger partial charge in [-0.25, -0.2) is 4.98 Å². The van der Waals surface area contributed by atoms with Crippen molar-refractivity contribution in [1.82, 2.24) is 9.88 Å². The lowest BCUT2D eigenvalue weighted by Crippen LogP contribution is -2.56. The first-order valence-corrected chi connectivity index (χ1v) is 7.67. The van der Waals surface area contributed by atoms with Gasteiger partial charge < -0.3 is 9.64 Å². The highest BCUT2D eigenvalue weighted by molar-refractivity contribution is 6.32. The minimum Gasteiger partial charge on any atom is -0.470 e. The lowest BCUT2D eigenvalue weighted by molar-refractivity contribution is -0.139. The van der Waals surface area contributed by atoms with E-state index >= 15 is 0 Å². The number of aromatic nitrogens is 1. The van der Waals surface area contributed by atoms with Crippen LogP contribution in [0.3, 0.4) is 0 Å². The molecule has 3 rings (SSSR count). The Kier molecular flexibility index (Phi) is 4.50. The smallest absolute Gasteiger partial charge is 0.232 e. The number of benzene rings is 1. The molecule has 4 nitrogen and oxygen atoms in total. The minimum absolute atomic E-state index is 0.0417. The minimum atomic E-state index is -0.0670. The third kappa shape index (κ3) is 3.34. The fourth-order valence-electron chi connectivity index (χ4n) is 2.25. The van der Waals surface area contributed by atoms with Gasteiger partial charge in [-0.1, -0.05) is 41.4 Å². The Hall–Kier alpha value is -1.78. The zero-order chi connectivity index (χ0) is 15.5. The summed E-state index contributed by atoms with van der Waals surface area (Å²) in [4.78, 5) is 18.0. The number of ether oxygens (including phenoxy) is 1. The first-order chi connectivity index (χ1) is 10.6. The summed E-state index contributed by atoms with van der Waals surface area (Å²) in [5.41, 5.74) is 0.839. The Morgan fingerprint density at radius 3 is 2.64 bits per heavy atom. The normalized spacial score (nSPS) is 14.5. The van der Waals surface area contributed by atoms with E-state index in [1.54, 1.807) is 29.3 Å². The van der Waals surface area contributed by atoms with Gasteiger partial charge in [0, 0.05) is 11.2 Å². The Morgan fingerprint density at radius 1 is 1.18 bits per heavy atom. The molecule has 1 fully saturated rings. The monoisotopic (exact) mass is 336 g/mol. The van der Waals surface area contributed by atoms with Gasteiger partial charge >= 0.3 is 0 Å². The molecule has 2 heterocycles. The predicted octanol–water partition coefficient (Wildman–Crippen LogP) is 3.22. The predicted molar refractivity (Wildman–Crippen MR) is 85.4 cm³/mol. The van der Waals surface area contributed by atoms with E-state index in [2.05, 4.69) is 4.98 Å². The molecule has 1 aliphatic rings. The second-order valence-corrected chi connectivity index (χ2v) is 5.91. The number of hydrogen-bond donors (Lipinski definition) is 0. The first-order valence-electron chi connectivity index (χ1n) is 6.92. The summed E-state index contributed by atoms with van der Waals surface area (Å²) in [6, 6.07) is 10.8. The topological polar surface area (TPSA) is 42.4 Å². The first kappa shape index (κ1) is 15.1. The summed E-state index contributed by atoms with van der Waals surface area (Å²) in [5, 5.41) is 1.09. The Labute approximate surface area is 138 Å². The second-order valence-electron chi connectivity index (χ2n) is 5.10. The largest absolute Gasteiger partial charge is 0.470 e. The summed E-state index contributed by atoms with van der Waals surface area (Å²) in [6.07, 6.45) is 1.86. The molecular weight excluding hydrogens is 323 g/mol. The van der Waals surface area contributed by atoms with Gasteiger partial charge in [0.15, 0.2) is 0 Å². The highest BCUT2D eigenvalue weighted by atomic mass is 35.5. The molecular formula is C16H14Cl2N2O2. The van der Waals surface area contributed by atoms with Crippen LogP contribution in [-0.4, -0.2) is 35.0 Å². The zero-order valence-electron chi connectivity index (χ0n) is 11.7. The van der Waals surface area contributed by atoms with Crippen LogP contribution in [0.5, 0.6) is 5.88 Å². The highest BCUT2D eigenvalue weighted by Gasteiger charge is 2.32. The van der Waals surface area contributed by atoms with Crippen LogP contribution in [-0.2, 0) is 11.2 Å². The fraction of sp³-hybridized carbons (Fsp3) is 0.250. The van der Waals surface area contributed by atoms with E-state index in [9.17, 15) is 4.79 Å². The molecule has 1 aliphatic heterocycles. The van der Waals surface area contributed by atoms with E-state index in [1.807, 2.05) is 18.2 Å². The van der Waals surface area contributed by atoms with Gasteiger partial charge in [0.2, 0.25) is 11.8 Å². The van der Waals surface area contributed by atoms with Crippen molar-refractivity contribution in [3.63, 3.8) is 0 Å². The molecule has 0 spiro atoms. The van der Waals surface area contributed by atoms with E-state index in [-0.39, 0.29) is 12.0 Å². The zero-order valence-corrected chi connectivity index (χ0v) is 13.2. The van der Waals surface area contributed by atoms with Crippen molar-refractivity contribution in [1.29, 1.82) is 0 Å². The lowest BCUT2D eigenvalue weighted by Gasteiger charge is -2.38. The van der Waals surface area contributed by atoms with Crippen LogP contribution in [0.25, 0.3) is 0 Å². The molecule has 1 aromatic carbocycles. The number of nitrogens with zero attached hydrogens (tertiary/aromatic N) is 2. The Balaban J connectivity index is 1.52. The Bertz CT molecular complexity index is 687. The van der Waals surface area contributed by atoms with E-state index in [0.29, 0.717) is 35.4 Å². The number of halogens is 2. The standard InChI is InChI=1S/C16H14Cl2N2O2/c17-13-5-2-1-4-11(13)8-15(21)20-9-12(10-20)22-16-14(18)6-3-7-19-16/h1-7,12H,8-10H2. The van der Waals surface area contributed by atoms with Gasteiger partial charge in [0.25, 0.3) is 0 Å². The second kappa shape index (κ2) is 6.55. The van der Waals surface area contributed by atoms with Crippen LogP contribution >= 0.6 is 23.2 Å². The van der Waals surface area contributed by atoms with Crippen LogP contribution in [0.1, 0.15) is 5.56 Å². The van der Waals surface area contributed by atoms with Crippen molar-refractivity contribution in [3.8, 4) is 5.88 Å². The quantitative estimate of drug-likeness (QED) is 0.860. The van der Waals surface area contributed by atoms with Gasteiger partial charge in [0.05, 0.1) is 19.5 Å². The molecule has 2 aromatic rings. The van der Waals surface area contributed by atoms with Crippen molar-refractivity contribution in [2.24, 2.45) is 0 Å². The maximum atomic E-state index is 12.2. The Morgan fingerprint density at radius 2 is 1.91 bits per heavy atom. The molecule has 0 aliphatic carbocycles. The molecule has 0 N–H and O–H groups in total. The molecule has 0 radical (unpaired) electrons. The summed E-state index contributed by atoms with van der Waals surface area (Å²) in [6.45, 7) is 1.08. The number of carbonyl (C=O) groups excluding carboxylic acids is 1. The molecule has 0 saturated carbocycles. The number of hydrogen-bond acceptors (Lipinski definition) is 3. The van der Waals surface area contributed by atoms with E-state index in [0.717, 1.165) is 5.56 Å². The fourth-order valence-corrected chi connectivity index (χ4v) is 2.62. The van der Waals surface area contributed by atoms with Crippen LogP contribution in [0.15, 0.2) is 42.6 Å². The third-order valence-electron chi connectivity index (χ3n) is 3.50. The summed E-state index contributed by atoms with van der Waals surface area (Å²) >= 11 is 12.1. The number of carbonyl (C=O) groups is 1. The van der Waals surface area contributed by atoms with Gasteiger partial charge in [0.1, 0.15) is 11.1 Å². The SMILES string of the molecule is O=C(Cc1ccccc1Cl)N1CC(Oc2ncccc2Cl)C1. The van der Waals surface area contributed by atoms with Crippen molar-refractivity contribution in [2.45, 2.75) is 12.5 Å². The number of pyridine rings is 1. The van der Waals surface area contributed by atoms with Gasteiger partial charge in [-0.2, -0.15) is 0 Å². The molecule has 1 saturated heterocycles. The average Bonchev–Trinajstić information content (AvgIpc) is 2.46. The van der Waals surface area contributed by atoms with Crippen LogP contribution in [0.2, 0.25) is 10.0 Å². The molecule has 114 valence electrons. The molecule has 0 atom stereocenters. The van der Waals surface area contributed by atoms with Crippen LogP contribution in [0.4, 0.5) is 0 Å². The lowest BCUT2D eigenvalue weighted by atomic mass is 10.1. The maximum absolute atomic E-state index is 12.2. The molecule has 6 heteroatoms. The van der Waals surface area contributed by atoms with E-state index in [1.165, 1.54) is 0 Å². The number of likely N-dealkylation sites (tertiary alicyclic amines) is 1. The number of rotatable bonds is 4. The van der Waals surface area contributed by atoms with Crippen molar-refractivity contribution in [2.75, 3.05) is 13.1 Å².